The first-order valence-electron chi connectivity index (χ1n) is 4.96. The van der Waals surface area contributed by atoms with E-state index in [1.807, 2.05) is 6.92 Å². The molecule has 0 aromatic rings. The van der Waals surface area contributed by atoms with Gasteiger partial charge >= 0.3 is 5.97 Å². The molecule has 0 aromatic heterocycles. The van der Waals surface area contributed by atoms with Gasteiger partial charge in [0, 0.05) is 27.6 Å². The second-order valence-electron chi connectivity index (χ2n) is 3.60. The summed E-state index contributed by atoms with van der Waals surface area (Å²) in [7, 11) is 3.15. The van der Waals surface area contributed by atoms with Crippen molar-refractivity contribution in [3.8, 4) is 0 Å². The quantitative estimate of drug-likeness (QED) is 0.653. The Kier molecular flexibility index (Phi) is 4.50. The molecule has 1 rings (SSSR count). The molecule has 0 radical (unpaired) electrons. The number of carbonyl (C=O) groups excluding carboxylic acids is 1. The van der Waals surface area contributed by atoms with Crippen molar-refractivity contribution in [3.05, 3.63) is 0 Å². The molecular weight excluding hydrogens is 200 g/mol. The van der Waals surface area contributed by atoms with Crippen molar-refractivity contribution in [2.75, 3.05) is 14.2 Å². The van der Waals surface area contributed by atoms with Crippen molar-refractivity contribution in [2.45, 2.75) is 44.9 Å². The molecule has 4 atom stereocenters. The van der Waals surface area contributed by atoms with E-state index >= 15 is 0 Å². The maximum absolute atomic E-state index is 10.9. The van der Waals surface area contributed by atoms with Gasteiger partial charge in [-0.2, -0.15) is 0 Å². The molecule has 0 aromatic carbocycles. The van der Waals surface area contributed by atoms with Gasteiger partial charge in [0.15, 0.2) is 6.29 Å². The van der Waals surface area contributed by atoms with E-state index in [0.29, 0.717) is 6.42 Å². The van der Waals surface area contributed by atoms with Gasteiger partial charge in [0.05, 0.1) is 6.10 Å². The van der Waals surface area contributed by atoms with Gasteiger partial charge in [-0.3, -0.25) is 4.79 Å². The highest BCUT2D eigenvalue weighted by molar-refractivity contribution is 5.66. The van der Waals surface area contributed by atoms with Crippen LogP contribution in [0.1, 0.15) is 20.3 Å². The number of rotatable bonds is 3. The summed E-state index contributed by atoms with van der Waals surface area (Å²) in [5.74, 6) is -0.304. The Hall–Kier alpha value is -0.650. The summed E-state index contributed by atoms with van der Waals surface area (Å²) in [5, 5.41) is 0. The lowest BCUT2D eigenvalue weighted by molar-refractivity contribution is -0.260. The summed E-state index contributed by atoms with van der Waals surface area (Å²) in [5.41, 5.74) is 0. The smallest absolute Gasteiger partial charge is 0.302 e. The summed E-state index contributed by atoms with van der Waals surface area (Å²) < 4.78 is 21.0. The number of hydrogen-bond acceptors (Lipinski definition) is 5. The van der Waals surface area contributed by atoms with Crippen molar-refractivity contribution in [3.63, 3.8) is 0 Å². The second-order valence-corrected chi connectivity index (χ2v) is 3.60. The summed E-state index contributed by atoms with van der Waals surface area (Å²) in [4.78, 5) is 10.9. The number of ether oxygens (including phenoxy) is 4. The summed E-state index contributed by atoms with van der Waals surface area (Å²) >= 11 is 0. The van der Waals surface area contributed by atoms with Crippen molar-refractivity contribution >= 4 is 5.97 Å². The third-order valence-electron chi connectivity index (χ3n) is 2.49. The molecule has 0 amide bonds. The molecule has 1 aliphatic rings. The summed E-state index contributed by atoms with van der Waals surface area (Å²) in [6.45, 7) is 3.24. The van der Waals surface area contributed by atoms with Crippen molar-refractivity contribution in [1.29, 1.82) is 0 Å². The average molecular weight is 218 g/mol. The van der Waals surface area contributed by atoms with Gasteiger partial charge in [-0.05, 0) is 6.92 Å². The molecule has 15 heavy (non-hydrogen) atoms. The highest BCUT2D eigenvalue weighted by Crippen LogP contribution is 2.24. The van der Waals surface area contributed by atoms with Crippen LogP contribution in [0, 0.1) is 0 Å². The van der Waals surface area contributed by atoms with Crippen LogP contribution in [0.3, 0.4) is 0 Å². The Labute approximate surface area is 89.6 Å². The molecule has 0 aliphatic carbocycles. The predicted molar refractivity (Wildman–Crippen MR) is 52.3 cm³/mol. The van der Waals surface area contributed by atoms with Crippen LogP contribution in [0.25, 0.3) is 0 Å². The standard InChI is InChI=1S/C10H18O5/c1-6-8(15-7(2)11)5-9(12-3)10(13-4)14-6/h6,8-10H,5H2,1-4H3. The monoisotopic (exact) mass is 218 g/mol. The van der Waals surface area contributed by atoms with E-state index in [9.17, 15) is 4.79 Å². The van der Waals surface area contributed by atoms with E-state index in [0.717, 1.165) is 0 Å². The third kappa shape index (κ3) is 3.15. The molecule has 0 spiro atoms. The molecule has 1 heterocycles. The molecule has 4 unspecified atom stereocenters. The number of carbonyl (C=O) groups is 1. The molecule has 5 heteroatoms. The highest BCUT2D eigenvalue weighted by Gasteiger charge is 2.37. The highest BCUT2D eigenvalue weighted by atomic mass is 16.7. The number of esters is 1. The van der Waals surface area contributed by atoms with Gasteiger partial charge in [-0.15, -0.1) is 0 Å². The van der Waals surface area contributed by atoms with E-state index in [1.54, 1.807) is 14.2 Å². The molecule has 1 aliphatic heterocycles. The van der Waals surface area contributed by atoms with E-state index < -0.39 is 6.29 Å². The minimum absolute atomic E-state index is 0.176. The van der Waals surface area contributed by atoms with Crippen LogP contribution in [0.5, 0.6) is 0 Å². The van der Waals surface area contributed by atoms with Crippen LogP contribution in [0.15, 0.2) is 0 Å². The van der Waals surface area contributed by atoms with Crippen molar-refractivity contribution in [1.82, 2.24) is 0 Å². The Balaban J connectivity index is 2.58. The van der Waals surface area contributed by atoms with Crippen LogP contribution < -0.4 is 0 Å². The zero-order valence-electron chi connectivity index (χ0n) is 9.56. The zero-order valence-corrected chi connectivity index (χ0v) is 9.56. The van der Waals surface area contributed by atoms with Crippen LogP contribution >= 0.6 is 0 Å². The normalized spacial score (nSPS) is 36.3. The van der Waals surface area contributed by atoms with Crippen LogP contribution in [-0.4, -0.2) is 44.8 Å². The SMILES string of the molecule is COC1CC(OC(C)=O)C(C)OC1OC. The van der Waals surface area contributed by atoms with E-state index in [2.05, 4.69) is 0 Å². The maximum Gasteiger partial charge on any atom is 0.302 e. The Morgan fingerprint density at radius 3 is 2.40 bits per heavy atom. The molecule has 1 saturated heterocycles. The molecule has 0 bridgehead atoms. The number of methoxy groups -OCH3 is 2. The lowest BCUT2D eigenvalue weighted by Crippen LogP contribution is -2.49. The zero-order chi connectivity index (χ0) is 11.4. The first-order valence-corrected chi connectivity index (χ1v) is 4.96. The molecule has 0 N–H and O–H groups in total. The molecule has 0 saturated carbocycles. The largest absolute Gasteiger partial charge is 0.460 e. The van der Waals surface area contributed by atoms with Crippen molar-refractivity contribution < 1.29 is 23.7 Å². The first kappa shape index (κ1) is 12.4. The molecule has 1 fully saturated rings. The molecule has 88 valence electrons. The van der Waals surface area contributed by atoms with E-state index in [-0.39, 0.29) is 24.3 Å². The summed E-state index contributed by atoms with van der Waals surface area (Å²) in [6, 6.07) is 0. The molecule has 5 nitrogen and oxygen atoms in total. The minimum atomic E-state index is -0.392. The average Bonchev–Trinajstić information content (AvgIpc) is 2.19. The third-order valence-corrected chi connectivity index (χ3v) is 2.49. The van der Waals surface area contributed by atoms with E-state index in [4.69, 9.17) is 18.9 Å². The van der Waals surface area contributed by atoms with Gasteiger partial charge in [-0.25, -0.2) is 0 Å². The molecular formula is C10H18O5. The fourth-order valence-corrected chi connectivity index (χ4v) is 1.69. The van der Waals surface area contributed by atoms with Gasteiger partial charge in [0.2, 0.25) is 0 Å². The van der Waals surface area contributed by atoms with Crippen molar-refractivity contribution in [2.24, 2.45) is 0 Å². The lowest BCUT2D eigenvalue weighted by Gasteiger charge is -2.37. The van der Waals surface area contributed by atoms with Crippen LogP contribution in [-0.2, 0) is 23.7 Å². The van der Waals surface area contributed by atoms with Gasteiger partial charge < -0.3 is 18.9 Å². The van der Waals surface area contributed by atoms with Crippen LogP contribution in [0.2, 0.25) is 0 Å². The fourth-order valence-electron chi connectivity index (χ4n) is 1.69. The fraction of sp³-hybridized carbons (Fsp3) is 0.900. The Morgan fingerprint density at radius 2 is 1.93 bits per heavy atom. The number of hydrogen-bond donors (Lipinski definition) is 0. The summed E-state index contributed by atoms with van der Waals surface area (Å²) in [6.07, 6.45) is -0.438. The Bertz CT molecular complexity index is 218. The predicted octanol–water partition coefficient (Wildman–Crippen LogP) is 0.714. The topological polar surface area (TPSA) is 54.0 Å². The second kappa shape index (κ2) is 5.44. The minimum Gasteiger partial charge on any atom is -0.460 e. The first-order chi connectivity index (χ1) is 7.08. The van der Waals surface area contributed by atoms with Gasteiger partial charge in [0.1, 0.15) is 12.2 Å². The lowest BCUT2D eigenvalue weighted by atomic mass is 10.0. The van der Waals surface area contributed by atoms with E-state index in [1.165, 1.54) is 6.92 Å². The van der Waals surface area contributed by atoms with Gasteiger partial charge in [-0.1, -0.05) is 0 Å². The maximum atomic E-state index is 10.9. The Morgan fingerprint density at radius 1 is 1.27 bits per heavy atom. The van der Waals surface area contributed by atoms with Gasteiger partial charge in [0.25, 0.3) is 0 Å². The van der Waals surface area contributed by atoms with Crippen LogP contribution in [0.4, 0.5) is 0 Å².